The van der Waals surface area contributed by atoms with Gasteiger partial charge in [0, 0.05) is 24.3 Å². The molecule has 6 rings (SSSR count). The van der Waals surface area contributed by atoms with Gasteiger partial charge >= 0.3 is 0 Å². The standard InChI is InChI=1S/C26H25N7O/c27-20-11-24(26-25(12-20)30-32-31-26)23-7-8-28-13-17-3-1-5-21(9-17)34-22-6-2-4-18(10-22)15-33-16-19(23)14-29-33/h1-6,9-12,14,16,23,28H,7-8,13,15,27H2,(H,30,31,32). The summed E-state index contributed by atoms with van der Waals surface area (Å²) < 4.78 is 8.10. The lowest BCUT2D eigenvalue weighted by Gasteiger charge is -2.18. The van der Waals surface area contributed by atoms with E-state index in [1.165, 1.54) is 5.56 Å². The van der Waals surface area contributed by atoms with Crippen LogP contribution in [0.2, 0.25) is 0 Å². The van der Waals surface area contributed by atoms with Gasteiger partial charge in [0.1, 0.15) is 22.5 Å². The Morgan fingerprint density at radius 3 is 2.68 bits per heavy atom. The third-order valence-electron chi connectivity index (χ3n) is 6.22. The number of nitrogens with one attached hydrogen (secondary N) is 2. The van der Waals surface area contributed by atoms with Crippen molar-refractivity contribution in [3.63, 3.8) is 0 Å². The Bertz CT molecular complexity index is 1450. The van der Waals surface area contributed by atoms with Gasteiger partial charge in [-0.3, -0.25) is 4.68 Å². The molecule has 1 atom stereocenters. The highest BCUT2D eigenvalue weighted by atomic mass is 16.5. The molecule has 0 spiro atoms. The van der Waals surface area contributed by atoms with Crippen molar-refractivity contribution in [1.82, 2.24) is 30.5 Å². The number of hydrogen-bond acceptors (Lipinski definition) is 6. The zero-order valence-corrected chi connectivity index (χ0v) is 18.6. The zero-order chi connectivity index (χ0) is 22.9. The summed E-state index contributed by atoms with van der Waals surface area (Å²) in [4.78, 5) is 0. The predicted octanol–water partition coefficient (Wildman–Crippen LogP) is 4.20. The highest BCUT2D eigenvalue weighted by Crippen LogP contribution is 2.33. The lowest BCUT2D eigenvalue weighted by molar-refractivity contribution is 0.480. The maximum atomic E-state index is 6.23. The minimum Gasteiger partial charge on any atom is -0.457 e. The van der Waals surface area contributed by atoms with Gasteiger partial charge in [-0.1, -0.05) is 24.3 Å². The van der Waals surface area contributed by atoms with E-state index in [-0.39, 0.29) is 5.92 Å². The molecule has 3 aromatic carbocycles. The summed E-state index contributed by atoms with van der Waals surface area (Å²) in [6, 6.07) is 20.2. The first-order chi connectivity index (χ1) is 16.7. The number of nitrogens with two attached hydrogens (primary N) is 1. The molecule has 3 heterocycles. The number of anilines is 1. The number of H-pyrrole nitrogens is 1. The van der Waals surface area contributed by atoms with Crippen LogP contribution in [0.25, 0.3) is 11.0 Å². The van der Waals surface area contributed by atoms with Crippen LogP contribution in [0, 0.1) is 0 Å². The number of benzene rings is 3. The molecule has 0 saturated carbocycles. The molecule has 4 N–H and O–H groups in total. The van der Waals surface area contributed by atoms with Gasteiger partial charge in [-0.05, 0) is 71.6 Å². The number of rotatable bonds is 1. The first-order valence-electron chi connectivity index (χ1n) is 11.4. The molecule has 1 aliphatic rings. The molecule has 2 aromatic heterocycles. The van der Waals surface area contributed by atoms with Crippen LogP contribution in [-0.4, -0.2) is 31.7 Å². The maximum Gasteiger partial charge on any atom is 0.127 e. The number of nitrogen functional groups attached to an aromatic ring is 1. The van der Waals surface area contributed by atoms with Crippen LogP contribution in [0.4, 0.5) is 5.69 Å². The summed E-state index contributed by atoms with van der Waals surface area (Å²) in [7, 11) is 0. The highest BCUT2D eigenvalue weighted by molar-refractivity contribution is 5.82. The van der Waals surface area contributed by atoms with Gasteiger partial charge in [-0.15, -0.1) is 0 Å². The average molecular weight is 452 g/mol. The molecule has 0 amide bonds. The third kappa shape index (κ3) is 4.11. The summed E-state index contributed by atoms with van der Waals surface area (Å²) in [5.41, 5.74) is 13.0. The Morgan fingerprint density at radius 2 is 1.79 bits per heavy atom. The topological polar surface area (TPSA) is 107 Å². The maximum absolute atomic E-state index is 6.23. The quantitative estimate of drug-likeness (QED) is 0.330. The lowest BCUT2D eigenvalue weighted by Crippen LogP contribution is -2.18. The average Bonchev–Trinajstić information content (AvgIpc) is 3.48. The largest absolute Gasteiger partial charge is 0.457 e. The first-order valence-corrected chi connectivity index (χ1v) is 11.4. The smallest absolute Gasteiger partial charge is 0.127 e. The Balaban J connectivity index is 1.41. The van der Waals surface area contributed by atoms with Crippen molar-refractivity contribution < 1.29 is 4.74 Å². The van der Waals surface area contributed by atoms with Crippen LogP contribution in [0.5, 0.6) is 11.5 Å². The summed E-state index contributed by atoms with van der Waals surface area (Å²) >= 11 is 0. The molecule has 1 unspecified atom stereocenters. The molecule has 5 aromatic rings. The number of nitrogens with zero attached hydrogens (tertiary/aromatic N) is 4. The fraction of sp³-hybridized carbons (Fsp3) is 0.192. The van der Waals surface area contributed by atoms with Crippen molar-refractivity contribution >= 4 is 16.7 Å². The molecule has 170 valence electrons. The van der Waals surface area contributed by atoms with Crippen molar-refractivity contribution in [2.45, 2.75) is 25.4 Å². The van der Waals surface area contributed by atoms with Crippen LogP contribution in [0.1, 0.15) is 34.6 Å². The second kappa shape index (κ2) is 8.64. The number of fused-ring (bicyclic) bond motifs is 7. The van der Waals surface area contributed by atoms with Crippen LogP contribution < -0.4 is 15.8 Å². The van der Waals surface area contributed by atoms with E-state index in [0.717, 1.165) is 58.7 Å². The SMILES string of the molecule is Nc1cc(C2CCNCc3cccc(c3)Oc3cccc(c3)Cn3cc2cn3)c2n[nH]nc2c1. The van der Waals surface area contributed by atoms with E-state index in [1.54, 1.807) is 0 Å². The van der Waals surface area contributed by atoms with Gasteiger partial charge in [0.25, 0.3) is 0 Å². The normalized spacial score (nSPS) is 16.3. The molecular weight excluding hydrogens is 426 g/mol. The van der Waals surface area contributed by atoms with E-state index in [1.807, 2.05) is 47.3 Å². The van der Waals surface area contributed by atoms with Gasteiger partial charge < -0.3 is 15.8 Å². The Hall–Kier alpha value is -4.17. The van der Waals surface area contributed by atoms with Gasteiger partial charge in [0.05, 0.1) is 12.7 Å². The third-order valence-corrected chi connectivity index (χ3v) is 6.22. The summed E-state index contributed by atoms with van der Waals surface area (Å²) in [6.07, 6.45) is 4.92. The number of ether oxygens (including phenoxy) is 1. The molecule has 8 heteroatoms. The van der Waals surface area contributed by atoms with Gasteiger partial charge in [-0.2, -0.15) is 20.5 Å². The zero-order valence-electron chi connectivity index (χ0n) is 18.6. The molecule has 0 radical (unpaired) electrons. The van der Waals surface area contributed by atoms with E-state index >= 15 is 0 Å². The minimum absolute atomic E-state index is 0.0752. The molecule has 34 heavy (non-hydrogen) atoms. The highest BCUT2D eigenvalue weighted by Gasteiger charge is 2.21. The van der Waals surface area contributed by atoms with Crippen molar-refractivity contribution in [3.8, 4) is 11.5 Å². The monoisotopic (exact) mass is 451 g/mol. The van der Waals surface area contributed by atoms with Gasteiger partial charge in [0.2, 0.25) is 0 Å². The molecule has 0 fully saturated rings. The fourth-order valence-electron chi connectivity index (χ4n) is 4.64. The molecule has 6 bridgehead atoms. The summed E-state index contributed by atoms with van der Waals surface area (Å²) in [5, 5.41) is 19.7. The first kappa shape index (κ1) is 20.4. The predicted molar refractivity (Wildman–Crippen MR) is 131 cm³/mol. The second-order valence-electron chi connectivity index (χ2n) is 8.69. The Labute approximate surface area is 196 Å². The van der Waals surface area contributed by atoms with Crippen molar-refractivity contribution in [3.05, 3.63) is 95.3 Å². The van der Waals surface area contributed by atoms with Crippen molar-refractivity contribution in [2.75, 3.05) is 12.3 Å². The van der Waals surface area contributed by atoms with E-state index in [2.05, 4.69) is 56.3 Å². The van der Waals surface area contributed by atoms with Crippen LogP contribution in [0.15, 0.2) is 73.1 Å². The molecule has 0 saturated heterocycles. The van der Waals surface area contributed by atoms with E-state index in [4.69, 9.17) is 10.5 Å². The lowest BCUT2D eigenvalue weighted by atomic mass is 9.89. The minimum atomic E-state index is 0.0752. The van der Waals surface area contributed by atoms with Crippen LogP contribution >= 0.6 is 0 Å². The number of aromatic nitrogens is 5. The molecular formula is C26H25N7O. The summed E-state index contributed by atoms with van der Waals surface area (Å²) in [6.45, 7) is 2.21. The van der Waals surface area contributed by atoms with Crippen LogP contribution in [0.3, 0.4) is 0 Å². The summed E-state index contributed by atoms with van der Waals surface area (Å²) in [5.74, 6) is 1.72. The molecule has 8 nitrogen and oxygen atoms in total. The van der Waals surface area contributed by atoms with Gasteiger partial charge in [-0.25, -0.2) is 0 Å². The van der Waals surface area contributed by atoms with Gasteiger partial charge in [0.15, 0.2) is 0 Å². The Kier molecular flexibility index (Phi) is 5.20. The van der Waals surface area contributed by atoms with Crippen molar-refractivity contribution in [1.29, 1.82) is 0 Å². The number of aromatic amines is 1. The van der Waals surface area contributed by atoms with E-state index in [0.29, 0.717) is 12.2 Å². The molecule has 1 aliphatic heterocycles. The Morgan fingerprint density at radius 1 is 0.971 bits per heavy atom. The second-order valence-corrected chi connectivity index (χ2v) is 8.69. The van der Waals surface area contributed by atoms with Crippen LogP contribution in [-0.2, 0) is 13.1 Å². The van der Waals surface area contributed by atoms with E-state index in [9.17, 15) is 0 Å². The number of hydrogen-bond donors (Lipinski definition) is 3. The molecule has 0 aliphatic carbocycles. The van der Waals surface area contributed by atoms with E-state index < -0.39 is 0 Å². The fourth-order valence-corrected chi connectivity index (χ4v) is 4.64. The van der Waals surface area contributed by atoms with Crippen molar-refractivity contribution in [2.24, 2.45) is 0 Å².